The summed E-state index contributed by atoms with van der Waals surface area (Å²) in [6.45, 7) is 0.648. The van der Waals surface area contributed by atoms with Crippen LogP contribution in [0.15, 0.2) is 17.0 Å². The Labute approximate surface area is 86.9 Å². The summed E-state index contributed by atoms with van der Waals surface area (Å²) < 4.78 is 26.6. The van der Waals surface area contributed by atoms with E-state index < -0.39 is 0 Å². The number of hydrogen-bond donors (Lipinski definition) is 1. The van der Waals surface area contributed by atoms with Gasteiger partial charge in [0.2, 0.25) is 0 Å². The van der Waals surface area contributed by atoms with Crippen LogP contribution in [0.3, 0.4) is 0 Å². The SMILES string of the molecule is CNCCc1cc(F)c(SC)cc1F. The van der Waals surface area contributed by atoms with Gasteiger partial charge >= 0.3 is 0 Å². The lowest BCUT2D eigenvalue weighted by Gasteiger charge is -2.05. The van der Waals surface area contributed by atoms with Crippen molar-refractivity contribution in [3.05, 3.63) is 29.3 Å². The average molecular weight is 217 g/mol. The van der Waals surface area contributed by atoms with Gasteiger partial charge in [-0.2, -0.15) is 0 Å². The van der Waals surface area contributed by atoms with Crippen molar-refractivity contribution in [1.29, 1.82) is 0 Å². The monoisotopic (exact) mass is 217 g/mol. The van der Waals surface area contributed by atoms with Gasteiger partial charge in [0.1, 0.15) is 11.6 Å². The fourth-order valence-electron chi connectivity index (χ4n) is 1.18. The first-order chi connectivity index (χ1) is 6.69. The maximum Gasteiger partial charge on any atom is 0.137 e. The van der Waals surface area contributed by atoms with Gasteiger partial charge in [-0.1, -0.05) is 0 Å². The third kappa shape index (κ3) is 2.69. The summed E-state index contributed by atoms with van der Waals surface area (Å²) in [5.74, 6) is -0.670. The second kappa shape index (κ2) is 5.32. The summed E-state index contributed by atoms with van der Waals surface area (Å²) in [5, 5.41) is 2.90. The highest BCUT2D eigenvalue weighted by atomic mass is 32.2. The van der Waals surface area contributed by atoms with E-state index in [2.05, 4.69) is 5.32 Å². The first-order valence-electron chi connectivity index (χ1n) is 4.35. The molecule has 1 nitrogen and oxygen atoms in total. The van der Waals surface area contributed by atoms with Gasteiger partial charge in [0.25, 0.3) is 0 Å². The van der Waals surface area contributed by atoms with Gasteiger partial charge in [-0.3, -0.25) is 0 Å². The summed E-state index contributed by atoms with van der Waals surface area (Å²) in [6.07, 6.45) is 2.24. The van der Waals surface area contributed by atoms with Gasteiger partial charge in [0.05, 0.1) is 0 Å². The van der Waals surface area contributed by atoms with Crippen molar-refractivity contribution in [3.63, 3.8) is 0 Å². The van der Waals surface area contributed by atoms with E-state index in [-0.39, 0.29) is 11.6 Å². The Morgan fingerprint density at radius 1 is 1.29 bits per heavy atom. The average Bonchev–Trinajstić information content (AvgIpc) is 2.18. The minimum Gasteiger partial charge on any atom is -0.319 e. The number of likely N-dealkylation sites (N-methyl/N-ethyl adjacent to an activating group) is 1. The molecule has 0 aliphatic heterocycles. The predicted molar refractivity (Wildman–Crippen MR) is 55.8 cm³/mol. The van der Waals surface area contributed by atoms with Crippen molar-refractivity contribution in [2.75, 3.05) is 19.8 Å². The zero-order valence-electron chi connectivity index (χ0n) is 8.23. The van der Waals surface area contributed by atoms with Gasteiger partial charge in [0.15, 0.2) is 0 Å². The summed E-state index contributed by atoms with van der Waals surface area (Å²) in [5.41, 5.74) is 0.426. The highest BCUT2D eigenvalue weighted by Gasteiger charge is 2.08. The van der Waals surface area contributed by atoms with Crippen LogP contribution in [0, 0.1) is 11.6 Å². The van der Waals surface area contributed by atoms with E-state index in [1.54, 1.807) is 13.3 Å². The number of thioether (sulfide) groups is 1. The normalized spacial score (nSPS) is 10.6. The third-order valence-electron chi connectivity index (χ3n) is 1.97. The van der Waals surface area contributed by atoms with E-state index in [0.717, 1.165) is 0 Å². The molecule has 1 aromatic rings. The third-order valence-corrected chi connectivity index (χ3v) is 2.72. The summed E-state index contributed by atoms with van der Waals surface area (Å²) in [7, 11) is 1.78. The predicted octanol–water partition coefficient (Wildman–Crippen LogP) is 2.45. The molecule has 0 aromatic heterocycles. The van der Waals surface area contributed by atoms with Gasteiger partial charge in [-0.05, 0) is 44.0 Å². The van der Waals surface area contributed by atoms with Crippen LogP contribution >= 0.6 is 11.8 Å². The van der Waals surface area contributed by atoms with Crippen molar-refractivity contribution in [2.24, 2.45) is 0 Å². The van der Waals surface area contributed by atoms with Crippen LogP contribution in [0.25, 0.3) is 0 Å². The molecule has 0 aliphatic rings. The van der Waals surface area contributed by atoms with Crippen LogP contribution in [-0.4, -0.2) is 19.8 Å². The minimum atomic E-state index is -0.343. The largest absolute Gasteiger partial charge is 0.319 e. The lowest BCUT2D eigenvalue weighted by atomic mass is 10.1. The Morgan fingerprint density at radius 2 is 2.00 bits per heavy atom. The lowest BCUT2D eigenvalue weighted by Crippen LogP contribution is -2.11. The highest BCUT2D eigenvalue weighted by molar-refractivity contribution is 7.98. The zero-order valence-corrected chi connectivity index (χ0v) is 9.05. The molecule has 1 aromatic carbocycles. The summed E-state index contributed by atoms with van der Waals surface area (Å²) in [6, 6.07) is 2.53. The van der Waals surface area contributed by atoms with Crippen molar-refractivity contribution in [2.45, 2.75) is 11.3 Å². The topological polar surface area (TPSA) is 12.0 Å². The molecule has 0 radical (unpaired) electrons. The van der Waals surface area contributed by atoms with Crippen LogP contribution in [0.5, 0.6) is 0 Å². The Morgan fingerprint density at radius 3 is 2.57 bits per heavy atom. The van der Waals surface area contributed by atoms with E-state index in [0.29, 0.717) is 23.4 Å². The molecule has 4 heteroatoms. The molecular formula is C10H13F2NS. The molecule has 0 heterocycles. The zero-order chi connectivity index (χ0) is 10.6. The number of benzene rings is 1. The Balaban J connectivity index is 2.90. The van der Waals surface area contributed by atoms with Crippen LogP contribution in [0.1, 0.15) is 5.56 Å². The second-order valence-electron chi connectivity index (χ2n) is 2.93. The van der Waals surface area contributed by atoms with Crippen LogP contribution in [0.2, 0.25) is 0 Å². The molecule has 14 heavy (non-hydrogen) atoms. The lowest BCUT2D eigenvalue weighted by molar-refractivity contribution is 0.562. The first kappa shape index (κ1) is 11.5. The van der Waals surface area contributed by atoms with E-state index in [1.807, 2.05) is 0 Å². The van der Waals surface area contributed by atoms with Crippen molar-refractivity contribution < 1.29 is 8.78 Å². The minimum absolute atomic E-state index is 0.328. The van der Waals surface area contributed by atoms with Gasteiger partial charge in [0, 0.05) is 4.90 Å². The van der Waals surface area contributed by atoms with Gasteiger partial charge in [-0.25, -0.2) is 8.78 Å². The maximum absolute atomic E-state index is 13.3. The molecule has 0 amide bonds. The highest BCUT2D eigenvalue weighted by Crippen LogP contribution is 2.22. The van der Waals surface area contributed by atoms with Crippen LogP contribution in [-0.2, 0) is 6.42 Å². The molecule has 0 fully saturated rings. The van der Waals surface area contributed by atoms with Crippen LogP contribution < -0.4 is 5.32 Å². The molecule has 1 N–H and O–H groups in total. The Hall–Kier alpha value is -0.610. The van der Waals surface area contributed by atoms with E-state index >= 15 is 0 Å². The number of halogens is 2. The quantitative estimate of drug-likeness (QED) is 0.777. The fourth-order valence-corrected chi connectivity index (χ4v) is 1.65. The molecular weight excluding hydrogens is 204 g/mol. The number of nitrogens with one attached hydrogen (secondary N) is 1. The second-order valence-corrected chi connectivity index (χ2v) is 3.78. The summed E-state index contributed by atoms with van der Waals surface area (Å²) in [4.78, 5) is 0.357. The maximum atomic E-state index is 13.3. The van der Waals surface area contributed by atoms with Crippen molar-refractivity contribution >= 4 is 11.8 Å². The fraction of sp³-hybridized carbons (Fsp3) is 0.400. The molecule has 0 spiro atoms. The van der Waals surface area contributed by atoms with Crippen molar-refractivity contribution in [3.8, 4) is 0 Å². The van der Waals surface area contributed by atoms with Gasteiger partial charge < -0.3 is 5.32 Å². The Kier molecular flexibility index (Phi) is 4.35. The standard InChI is InChI=1S/C10H13F2NS/c1-13-4-3-7-5-9(12)10(14-2)6-8(7)11/h5-6,13H,3-4H2,1-2H3. The summed E-state index contributed by atoms with van der Waals surface area (Å²) >= 11 is 1.21. The van der Waals surface area contributed by atoms with E-state index in [1.165, 1.54) is 23.9 Å². The Bertz CT molecular complexity index is 315. The van der Waals surface area contributed by atoms with Crippen LogP contribution in [0.4, 0.5) is 8.78 Å². The molecule has 0 saturated heterocycles. The van der Waals surface area contributed by atoms with Crippen molar-refractivity contribution in [1.82, 2.24) is 5.32 Å². The van der Waals surface area contributed by atoms with E-state index in [9.17, 15) is 8.78 Å². The smallest absolute Gasteiger partial charge is 0.137 e. The molecule has 0 atom stereocenters. The van der Waals surface area contributed by atoms with E-state index in [4.69, 9.17) is 0 Å². The van der Waals surface area contributed by atoms with Gasteiger partial charge in [-0.15, -0.1) is 11.8 Å². The molecule has 0 saturated carbocycles. The molecule has 0 aliphatic carbocycles. The molecule has 0 bridgehead atoms. The number of hydrogen-bond acceptors (Lipinski definition) is 2. The first-order valence-corrected chi connectivity index (χ1v) is 5.58. The molecule has 0 unspecified atom stereocenters. The molecule has 1 rings (SSSR count). The number of rotatable bonds is 4. The molecule has 78 valence electrons.